The minimum absolute atomic E-state index is 0.318. The van der Waals surface area contributed by atoms with E-state index in [9.17, 15) is 14.7 Å². The van der Waals surface area contributed by atoms with E-state index >= 15 is 0 Å². The lowest BCUT2D eigenvalue weighted by molar-refractivity contribution is -0.180. The number of carboxylic acid groups (broad SMARTS) is 1. The third kappa shape index (κ3) is 1.55. The van der Waals surface area contributed by atoms with E-state index in [4.69, 9.17) is 4.74 Å². The van der Waals surface area contributed by atoms with Crippen LogP contribution in [0.4, 0.5) is 0 Å². The first-order valence-electron chi connectivity index (χ1n) is 6.78. The van der Waals surface area contributed by atoms with Gasteiger partial charge in [-0.2, -0.15) is 0 Å². The zero-order valence-corrected chi connectivity index (χ0v) is 11.5. The van der Waals surface area contributed by atoms with E-state index in [1.807, 2.05) is 31.2 Å². The van der Waals surface area contributed by atoms with Crippen molar-refractivity contribution in [3.05, 3.63) is 29.8 Å². The van der Waals surface area contributed by atoms with Crippen molar-refractivity contribution < 1.29 is 19.4 Å². The number of nitrogens with zero attached hydrogens (tertiary/aromatic N) is 1. The van der Waals surface area contributed by atoms with Gasteiger partial charge >= 0.3 is 5.97 Å². The average Bonchev–Trinajstić information content (AvgIpc) is 2.44. The quantitative estimate of drug-likeness (QED) is 0.836. The van der Waals surface area contributed by atoms with Crippen LogP contribution in [0, 0.1) is 5.92 Å². The Kier molecular flexibility index (Phi) is 2.74. The van der Waals surface area contributed by atoms with Gasteiger partial charge in [-0.15, -0.1) is 0 Å². The van der Waals surface area contributed by atoms with Gasteiger partial charge in [-0.3, -0.25) is 9.59 Å². The lowest BCUT2D eigenvalue weighted by atomic mass is 9.73. The number of ether oxygens (including phenoxy) is 1. The largest absolute Gasteiger partial charge is 0.481 e. The Labute approximate surface area is 117 Å². The standard InChI is InChI=1S/C15H17NO4/c1-3-15-8-10(9-6-4-5-7-11(9)20-15)12(14(18)19)13(17)16(15)2/h4-7,10,12H,3,8H2,1-2H3,(H,18,19)/t10-,12+,15+/m1/s1. The summed E-state index contributed by atoms with van der Waals surface area (Å²) in [7, 11) is 1.63. The Hall–Kier alpha value is -2.04. The van der Waals surface area contributed by atoms with Crippen LogP contribution in [0.3, 0.4) is 0 Å². The van der Waals surface area contributed by atoms with Crippen LogP contribution in [-0.4, -0.2) is 34.7 Å². The molecule has 5 heteroatoms. The smallest absolute Gasteiger partial charge is 0.316 e. The zero-order chi connectivity index (χ0) is 14.5. The first-order valence-corrected chi connectivity index (χ1v) is 6.78. The van der Waals surface area contributed by atoms with Crippen LogP contribution in [0.2, 0.25) is 0 Å². The van der Waals surface area contributed by atoms with Crippen LogP contribution >= 0.6 is 0 Å². The van der Waals surface area contributed by atoms with Gasteiger partial charge in [0, 0.05) is 25.8 Å². The van der Waals surface area contributed by atoms with Gasteiger partial charge in [-0.25, -0.2) is 0 Å². The highest BCUT2D eigenvalue weighted by Gasteiger charge is 2.56. The van der Waals surface area contributed by atoms with Crippen molar-refractivity contribution >= 4 is 11.9 Å². The molecule has 3 rings (SSSR count). The molecule has 1 saturated heterocycles. The lowest BCUT2D eigenvalue weighted by Gasteiger charge is -2.52. The number of hydrogen-bond donors (Lipinski definition) is 1. The number of para-hydroxylation sites is 1. The fraction of sp³-hybridized carbons (Fsp3) is 0.467. The Bertz CT molecular complexity index is 585. The molecule has 1 amide bonds. The Morgan fingerprint density at radius 2 is 2.20 bits per heavy atom. The molecule has 1 aromatic carbocycles. The van der Waals surface area contributed by atoms with Gasteiger partial charge in [0.25, 0.3) is 0 Å². The van der Waals surface area contributed by atoms with E-state index in [2.05, 4.69) is 0 Å². The second-order valence-electron chi connectivity index (χ2n) is 5.46. The maximum absolute atomic E-state index is 12.4. The van der Waals surface area contributed by atoms with Gasteiger partial charge in [0.05, 0.1) is 0 Å². The first kappa shape index (κ1) is 13.0. The molecule has 0 aromatic heterocycles. The number of aliphatic carboxylic acids is 1. The molecule has 2 heterocycles. The van der Waals surface area contributed by atoms with E-state index in [-0.39, 0.29) is 11.8 Å². The van der Waals surface area contributed by atoms with E-state index < -0.39 is 17.6 Å². The number of hydrogen-bond acceptors (Lipinski definition) is 3. The Balaban J connectivity index is 2.18. The van der Waals surface area contributed by atoms with Crippen LogP contribution in [0.5, 0.6) is 5.75 Å². The normalized spacial score (nSPS) is 31.5. The summed E-state index contributed by atoms with van der Waals surface area (Å²) in [5.74, 6) is -2.08. The summed E-state index contributed by atoms with van der Waals surface area (Å²) >= 11 is 0. The lowest BCUT2D eigenvalue weighted by Crippen LogP contribution is -2.63. The number of carbonyl (C=O) groups excluding carboxylic acids is 1. The van der Waals surface area contributed by atoms with Gasteiger partial charge in [0.1, 0.15) is 11.7 Å². The van der Waals surface area contributed by atoms with Crippen molar-refractivity contribution in [3.63, 3.8) is 0 Å². The van der Waals surface area contributed by atoms with E-state index in [1.165, 1.54) is 4.90 Å². The monoisotopic (exact) mass is 275 g/mol. The molecule has 5 nitrogen and oxygen atoms in total. The van der Waals surface area contributed by atoms with Gasteiger partial charge in [-0.1, -0.05) is 25.1 Å². The van der Waals surface area contributed by atoms with Crippen LogP contribution in [0.15, 0.2) is 24.3 Å². The third-order valence-corrected chi connectivity index (χ3v) is 4.59. The fourth-order valence-corrected chi connectivity index (χ4v) is 3.40. The predicted molar refractivity (Wildman–Crippen MR) is 71.3 cm³/mol. The summed E-state index contributed by atoms with van der Waals surface area (Å²) < 4.78 is 6.06. The number of likely N-dealkylation sites (tertiary alicyclic amines) is 1. The molecule has 2 bridgehead atoms. The number of amides is 1. The fourth-order valence-electron chi connectivity index (χ4n) is 3.40. The third-order valence-electron chi connectivity index (χ3n) is 4.59. The number of rotatable bonds is 2. The van der Waals surface area contributed by atoms with Crippen molar-refractivity contribution in [2.45, 2.75) is 31.4 Å². The topological polar surface area (TPSA) is 66.8 Å². The average molecular weight is 275 g/mol. The van der Waals surface area contributed by atoms with E-state index in [0.717, 1.165) is 5.56 Å². The minimum atomic E-state index is -1.06. The molecule has 0 radical (unpaired) electrons. The van der Waals surface area contributed by atoms with Crippen LogP contribution in [-0.2, 0) is 9.59 Å². The van der Waals surface area contributed by atoms with Crippen molar-refractivity contribution in [1.29, 1.82) is 0 Å². The molecule has 1 N–H and O–H groups in total. The molecular formula is C15H17NO4. The van der Waals surface area contributed by atoms with Gasteiger partial charge < -0.3 is 14.7 Å². The summed E-state index contributed by atoms with van der Waals surface area (Å²) in [5, 5.41) is 9.43. The molecule has 0 aliphatic carbocycles. The predicted octanol–water partition coefficient (Wildman–Crippen LogP) is 1.83. The van der Waals surface area contributed by atoms with Crippen LogP contribution in [0.25, 0.3) is 0 Å². The zero-order valence-electron chi connectivity index (χ0n) is 11.5. The molecule has 2 aliphatic heterocycles. The van der Waals surface area contributed by atoms with Crippen molar-refractivity contribution in [3.8, 4) is 5.75 Å². The Morgan fingerprint density at radius 1 is 1.50 bits per heavy atom. The van der Waals surface area contributed by atoms with Crippen molar-refractivity contribution in [2.24, 2.45) is 5.92 Å². The highest BCUT2D eigenvalue weighted by molar-refractivity contribution is 5.99. The maximum Gasteiger partial charge on any atom is 0.316 e. The molecule has 0 saturated carbocycles. The van der Waals surface area contributed by atoms with Crippen molar-refractivity contribution in [2.75, 3.05) is 7.05 Å². The SMILES string of the molecule is CC[C@@]12C[C@H](c3ccccc3O1)[C@H](C(=O)O)C(=O)N2C. The highest BCUT2D eigenvalue weighted by Crippen LogP contribution is 2.50. The molecule has 1 aromatic rings. The molecule has 0 unspecified atom stereocenters. The molecule has 2 aliphatic rings. The van der Waals surface area contributed by atoms with Crippen molar-refractivity contribution in [1.82, 2.24) is 4.90 Å². The van der Waals surface area contributed by atoms with E-state index in [0.29, 0.717) is 18.6 Å². The van der Waals surface area contributed by atoms with E-state index in [1.54, 1.807) is 7.05 Å². The van der Waals surface area contributed by atoms with Gasteiger partial charge in [0.15, 0.2) is 5.72 Å². The highest BCUT2D eigenvalue weighted by atomic mass is 16.5. The minimum Gasteiger partial charge on any atom is -0.481 e. The number of piperidine rings is 1. The molecule has 106 valence electrons. The second-order valence-corrected chi connectivity index (χ2v) is 5.46. The summed E-state index contributed by atoms with van der Waals surface area (Å²) in [4.78, 5) is 25.4. The second kappa shape index (κ2) is 4.23. The summed E-state index contributed by atoms with van der Waals surface area (Å²) in [6.45, 7) is 1.95. The maximum atomic E-state index is 12.4. The first-order chi connectivity index (χ1) is 9.50. The van der Waals surface area contributed by atoms with Gasteiger partial charge in [0.2, 0.25) is 5.91 Å². The summed E-state index contributed by atoms with van der Waals surface area (Å²) in [6.07, 6.45) is 1.16. The molecular weight excluding hydrogens is 258 g/mol. The number of fused-ring (bicyclic) bond motifs is 4. The number of carbonyl (C=O) groups is 2. The Morgan fingerprint density at radius 3 is 2.85 bits per heavy atom. The van der Waals surface area contributed by atoms with Gasteiger partial charge in [-0.05, 0) is 11.6 Å². The number of benzene rings is 1. The molecule has 1 fully saturated rings. The summed E-state index contributed by atoms with van der Waals surface area (Å²) in [6, 6.07) is 7.41. The van der Waals surface area contributed by atoms with Crippen LogP contribution in [0.1, 0.15) is 31.2 Å². The molecule has 3 atom stereocenters. The van der Waals surface area contributed by atoms with Crippen LogP contribution < -0.4 is 4.74 Å². The summed E-state index contributed by atoms with van der Waals surface area (Å²) in [5.41, 5.74) is 0.104. The molecule has 20 heavy (non-hydrogen) atoms. The number of carboxylic acids is 1. The molecule has 0 spiro atoms.